The van der Waals surface area contributed by atoms with Gasteiger partial charge in [-0.15, -0.1) is 11.3 Å². The zero-order valence-electron chi connectivity index (χ0n) is 12.8. The summed E-state index contributed by atoms with van der Waals surface area (Å²) in [5.74, 6) is 0.164. The Balaban J connectivity index is 1.68. The molecule has 3 atom stereocenters. The number of fused-ring (bicyclic) bond motifs is 3. The molecule has 4 heteroatoms. The SMILES string of the molecule is CC[C@@]1(CO)C[C@@H]2CC[C@H]1N2C(=O)c1cc2ccccc2s1. The van der Waals surface area contributed by atoms with Gasteiger partial charge in [0.1, 0.15) is 0 Å². The zero-order chi connectivity index (χ0) is 15.3. The molecule has 4 rings (SSSR count). The average molecular weight is 315 g/mol. The molecule has 1 aromatic carbocycles. The Morgan fingerprint density at radius 1 is 1.41 bits per heavy atom. The largest absolute Gasteiger partial charge is 0.396 e. The highest BCUT2D eigenvalue weighted by molar-refractivity contribution is 7.20. The zero-order valence-corrected chi connectivity index (χ0v) is 13.6. The first-order valence-electron chi connectivity index (χ1n) is 8.10. The van der Waals surface area contributed by atoms with Crippen molar-refractivity contribution in [2.75, 3.05) is 6.61 Å². The van der Waals surface area contributed by atoms with Crippen molar-refractivity contribution in [1.82, 2.24) is 4.90 Å². The number of carbonyl (C=O) groups is 1. The van der Waals surface area contributed by atoms with E-state index in [1.807, 2.05) is 18.2 Å². The number of hydrogen-bond donors (Lipinski definition) is 1. The van der Waals surface area contributed by atoms with Gasteiger partial charge in [-0.05, 0) is 43.2 Å². The van der Waals surface area contributed by atoms with E-state index in [0.717, 1.165) is 35.9 Å². The lowest BCUT2D eigenvalue weighted by Gasteiger charge is -2.34. The molecular weight excluding hydrogens is 294 g/mol. The molecule has 2 aliphatic heterocycles. The molecule has 3 heterocycles. The van der Waals surface area contributed by atoms with Gasteiger partial charge in [0.05, 0.1) is 11.5 Å². The summed E-state index contributed by atoms with van der Waals surface area (Å²) in [6, 6.07) is 10.7. The first-order chi connectivity index (χ1) is 10.7. The number of aliphatic hydroxyl groups is 1. The number of benzene rings is 1. The Bertz CT molecular complexity index is 686. The second-order valence-electron chi connectivity index (χ2n) is 6.69. The molecule has 0 spiro atoms. The summed E-state index contributed by atoms with van der Waals surface area (Å²) >= 11 is 1.59. The average Bonchev–Trinajstić information content (AvgIpc) is 3.24. The third-order valence-corrected chi connectivity index (χ3v) is 6.85. The molecule has 3 nitrogen and oxygen atoms in total. The molecule has 22 heavy (non-hydrogen) atoms. The van der Waals surface area contributed by atoms with Crippen LogP contribution in [0.25, 0.3) is 10.1 Å². The molecule has 0 saturated carbocycles. The van der Waals surface area contributed by atoms with Crippen LogP contribution in [0.3, 0.4) is 0 Å². The van der Waals surface area contributed by atoms with Crippen LogP contribution < -0.4 is 0 Å². The van der Waals surface area contributed by atoms with Crippen LogP contribution >= 0.6 is 11.3 Å². The maximum atomic E-state index is 13.1. The van der Waals surface area contributed by atoms with Crippen LogP contribution in [-0.4, -0.2) is 34.6 Å². The minimum atomic E-state index is -0.0741. The Morgan fingerprint density at radius 2 is 2.23 bits per heavy atom. The topological polar surface area (TPSA) is 40.5 Å². The van der Waals surface area contributed by atoms with E-state index >= 15 is 0 Å². The Morgan fingerprint density at radius 3 is 2.91 bits per heavy atom. The van der Waals surface area contributed by atoms with Gasteiger partial charge in [-0.3, -0.25) is 4.79 Å². The number of amides is 1. The summed E-state index contributed by atoms with van der Waals surface area (Å²) < 4.78 is 1.17. The van der Waals surface area contributed by atoms with Gasteiger partial charge in [-0.1, -0.05) is 25.1 Å². The highest BCUT2D eigenvalue weighted by Gasteiger charge is 2.56. The highest BCUT2D eigenvalue weighted by Crippen LogP contribution is 2.52. The van der Waals surface area contributed by atoms with Crippen molar-refractivity contribution in [3.05, 3.63) is 35.2 Å². The molecule has 2 saturated heterocycles. The number of nitrogens with zero attached hydrogens (tertiary/aromatic N) is 1. The standard InChI is InChI=1S/C18H21NO2S/c1-2-18(11-20)10-13-7-8-16(18)19(13)17(21)15-9-12-5-3-4-6-14(12)22-15/h3-6,9,13,16,20H,2,7-8,10-11H2,1H3/t13-,16+,18-/m0/s1. The van der Waals surface area contributed by atoms with E-state index in [1.165, 1.54) is 4.70 Å². The normalized spacial score (nSPS) is 30.4. The fourth-order valence-corrected chi connectivity index (χ4v) is 5.48. The first-order valence-corrected chi connectivity index (χ1v) is 8.92. The minimum Gasteiger partial charge on any atom is -0.396 e. The fraction of sp³-hybridized carbons (Fsp3) is 0.500. The van der Waals surface area contributed by atoms with Crippen molar-refractivity contribution < 1.29 is 9.90 Å². The van der Waals surface area contributed by atoms with Gasteiger partial charge in [0.25, 0.3) is 5.91 Å². The fourth-order valence-electron chi connectivity index (χ4n) is 4.47. The molecule has 0 unspecified atom stereocenters. The van der Waals surface area contributed by atoms with E-state index in [2.05, 4.69) is 24.0 Å². The second-order valence-corrected chi connectivity index (χ2v) is 7.77. The number of thiophene rings is 1. The molecular formula is C18H21NO2S. The lowest BCUT2D eigenvalue weighted by atomic mass is 9.72. The molecule has 1 amide bonds. The van der Waals surface area contributed by atoms with Crippen LogP contribution in [0.2, 0.25) is 0 Å². The molecule has 1 N–H and O–H groups in total. The third-order valence-electron chi connectivity index (χ3n) is 5.74. The summed E-state index contributed by atoms with van der Waals surface area (Å²) in [5, 5.41) is 11.0. The van der Waals surface area contributed by atoms with Gasteiger partial charge in [0.15, 0.2) is 0 Å². The van der Waals surface area contributed by atoms with E-state index in [-0.39, 0.29) is 24.0 Å². The Kier molecular flexibility index (Phi) is 3.27. The van der Waals surface area contributed by atoms with E-state index in [1.54, 1.807) is 11.3 Å². The van der Waals surface area contributed by atoms with E-state index in [4.69, 9.17) is 0 Å². The minimum absolute atomic E-state index is 0.0741. The predicted molar refractivity (Wildman–Crippen MR) is 89.2 cm³/mol. The van der Waals surface area contributed by atoms with Gasteiger partial charge in [0, 0.05) is 22.2 Å². The summed E-state index contributed by atoms with van der Waals surface area (Å²) in [6.45, 7) is 2.33. The summed E-state index contributed by atoms with van der Waals surface area (Å²) in [4.78, 5) is 16.0. The number of hydrogen-bond acceptors (Lipinski definition) is 3. The molecule has 1 aromatic heterocycles. The molecule has 2 aliphatic rings. The lowest BCUT2D eigenvalue weighted by Crippen LogP contribution is -2.42. The lowest BCUT2D eigenvalue weighted by molar-refractivity contribution is 0.0560. The smallest absolute Gasteiger partial charge is 0.264 e. The summed E-state index contributed by atoms with van der Waals surface area (Å²) in [7, 11) is 0. The molecule has 2 fully saturated rings. The molecule has 116 valence electrons. The van der Waals surface area contributed by atoms with E-state index in [0.29, 0.717) is 6.04 Å². The maximum absolute atomic E-state index is 13.1. The van der Waals surface area contributed by atoms with Gasteiger partial charge < -0.3 is 10.0 Å². The second kappa shape index (κ2) is 5.07. The van der Waals surface area contributed by atoms with Crippen LogP contribution in [0.5, 0.6) is 0 Å². The van der Waals surface area contributed by atoms with Crippen LogP contribution in [-0.2, 0) is 0 Å². The van der Waals surface area contributed by atoms with Gasteiger partial charge in [-0.25, -0.2) is 0 Å². The van der Waals surface area contributed by atoms with Crippen molar-refractivity contribution in [2.45, 2.75) is 44.7 Å². The van der Waals surface area contributed by atoms with Crippen molar-refractivity contribution in [1.29, 1.82) is 0 Å². The number of rotatable bonds is 3. The third kappa shape index (κ3) is 1.87. The number of carbonyl (C=O) groups excluding carboxylic acids is 1. The highest BCUT2D eigenvalue weighted by atomic mass is 32.1. The van der Waals surface area contributed by atoms with E-state index < -0.39 is 0 Å². The molecule has 0 aliphatic carbocycles. The van der Waals surface area contributed by atoms with Gasteiger partial charge >= 0.3 is 0 Å². The van der Waals surface area contributed by atoms with Crippen LogP contribution in [0.4, 0.5) is 0 Å². The van der Waals surface area contributed by atoms with Crippen LogP contribution in [0.15, 0.2) is 30.3 Å². The Hall–Kier alpha value is -1.39. The van der Waals surface area contributed by atoms with Crippen molar-refractivity contribution in [2.24, 2.45) is 5.41 Å². The summed E-state index contributed by atoms with van der Waals surface area (Å²) in [5.41, 5.74) is -0.0741. The van der Waals surface area contributed by atoms with Gasteiger partial charge in [-0.2, -0.15) is 0 Å². The van der Waals surface area contributed by atoms with Crippen LogP contribution in [0.1, 0.15) is 42.3 Å². The molecule has 0 radical (unpaired) electrons. The molecule has 2 bridgehead atoms. The predicted octanol–water partition coefficient (Wildman–Crippen LogP) is 3.67. The van der Waals surface area contributed by atoms with Crippen LogP contribution in [0, 0.1) is 5.41 Å². The van der Waals surface area contributed by atoms with E-state index in [9.17, 15) is 9.90 Å². The monoisotopic (exact) mass is 315 g/mol. The van der Waals surface area contributed by atoms with Crippen molar-refractivity contribution in [3.63, 3.8) is 0 Å². The van der Waals surface area contributed by atoms with Crippen molar-refractivity contribution >= 4 is 27.3 Å². The van der Waals surface area contributed by atoms with Crippen molar-refractivity contribution in [3.8, 4) is 0 Å². The first kappa shape index (κ1) is 14.2. The maximum Gasteiger partial charge on any atom is 0.264 e. The number of aliphatic hydroxyl groups excluding tert-OH is 1. The summed E-state index contributed by atoms with van der Waals surface area (Å²) in [6.07, 6.45) is 4.03. The Labute approximate surface area is 134 Å². The molecule has 2 aromatic rings. The van der Waals surface area contributed by atoms with Gasteiger partial charge in [0.2, 0.25) is 0 Å². The quantitative estimate of drug-likeness (QED) is 0.939.